The lowest BCUT2D eigenvalue weighted by atomic mass is 10.2. The van der Waals surface area contributed by atoms with Gasteiger partial charge in [0.15, 0.2) is 17.6 Å². The number of nitrogens with zero attached hydrogens (tertiary/aromatic N) is 2. The molecule has 0 saturated carbocycles. The van der Waals surface area contributed by atoms with Crippen LogP contribution in [0.4, 0.5) is 10.6 Å². The first-order valence-corrected chi connectivity index (χ1v) is 8.21. The molecule has 0 bridgehead atoms. The van der Waals surface area contributed by atoms with E-state index in [0.29, 0.717) is 24.7 Å². The third-order valence-corrected chi connectivity index (χ3v) is 3.74. The number of benzene rings is 1. The highest BCUT2D eigenvalue weighted by atomic mass is 16.6. The van der Waals surface area contributed by atoms with Gasteiger partial charge in [-0.05, 0) is 18.6 Å². The minimum Gasteiger partial charge on any atom is -0.486 e. The first-order valence-electron chi connectivity index (χ1n) is 8.21. The van der Waals surface area contributed by atoms with E-state index in [9.17, 15) is 4.79 Å². The zero-order chi connectivity index (χ0) is 16.8. The van der Waals surface area contributed by atoms with Crippen molar-refractivity contribution in [1.29, 1.82) is 0 Å². The number of hydrogen-bond acceptors (Lipinski definition) is 4. The molecule has 1 aliphatic heterocycles. The van der Waals surface area contributed by atoms with E-state index in [2.05, 4.69) is 22.7 Å². The van der Waals surface area contributed by atoms with Crippen molar-refractivity contribution in [3.8, 4) is 11.5 Å². The average Bonchev–Trinajstić information content (AvgIpc) is 3.05. The number of aromatic nitrogens is 2. The van der Waals surface area contributed by atoms with Gasteiger partial charge in [0.1, 0.15) is 12.4 Å². The summed E-state index contributed by atoms with van der Waals surface area (Å²) < 4.78 is 13.2. The summed E-state index contributed by atoms with van der Waals surface area (Å²) in [6.07, 6.45) is 3.56. The van der Waals surface area contributed by atoms with Crippen molar-refractivity contribution >= 4 is 11.8 Å². The maximum Gasteiger partial charge on any atom is 0.320 e. The van der Waals surface area contributed by atoms with E-state index in [1.807, 2.05) is 24.3 Å². The first-order chi connectivity index (χ1) is 11.8. The first kappa shape index (κ1) is 16.2. The van der Waals surface area contributed by atoms with E-state index >= 15 is 0 Å². The van der Waals surface area contributed by atoms with Crippen LogP contribution in [-0.4, -0.2) is 35.1 Å². The van der Waals surface area contributed by atoms with Crippen LogP contribution in [0.5, 0.6) is 11.5 Å². The molecule has 0 spiro atoms. The fourth-order valence-corrected chi connectivity index (χ4v) is 2.46. The number of anilines is 1. The molecule has 1 atom stereocenters. The van der Waals surface area contributed by atoms with E-state index in [1.54, 1.807) is 16.9 Å². The fraction of sp³-hybridized carbons (Fsp3) is 0.412. The van der Waals surface area contributed by atoms with Crippen LogP contribution in [0, 0.1) is 0 Å². The Morgan fingerprint density at radius 1 is 1.33 bits per heavy atom. The maximum atomic E-state index is 12.1. The Bertz CT molecular complexity index is 686. The van der Waals surface area contributed by atoms with Gasteiger partial charge in [-0.15, -0.1) is 0 Å². The van der Waals surface area contributed by atoms with E-state index in [0.717, 1.165) is 25.1 Å². The van der Waals surface area contributed by atoms with Gasteiger partial charge in [-0.2, -0.15) is 5.10 Å². The Hall–Kier alpha value is -2.70. The summed E-state index contributed by atoms with van der Waals surface area (Å²) in [7, 11) is 0. The highest BCUT2D eigenvalue weighted by Gasteiger charge is 2.21. The monoisotopic (exact) mass is 330 g/mol. The fourth-order valence-electron chi connectivity index (χ4n) is 2.46. The minimum atomic E-state index is -0.282. The third-order valence-electron chi connectivity index (χ3n) is 3.74. The lowest BCUT2D eigenvalue weighted by Crippen LogP contribution is -2.42. The predicted octanol–water partition coefficient (Wildman–Crippen LogP) is 2.64. The lowest BCUT2D eigenvalue weighted by molar-refractivity contribution is 0.0922. The average molecular weight is 330 g/mol. The highest BCUT2D eigenvalue weighted by molar-refractivity contribution is 5.88. The smallest absolute Gasteiger partial charge is 0.320 e. The quantitative estimate of drug-likeness (QED) is 0.853. The molecule has 128 valence electrons. The molecule has 7 nitrogen and oxygen atoms in total. The Kier molecular flexibility index (Phi) is 5.20. The molecule has 0 fully saturated rings. The van der Waals surface area contributed by atoms with Crippen LogP contribution in [0.15, 0.2) is 36.5 Å². The third kappa shape index (κ3) is 3.98. The van der Waals surface area contributed by atoms with Gasteiger partial charge in [-0.1, -0.05) is 25.5 Å². The molecule has 1 aromatic carbocycles. The van der Waals surface area contributed by atoms with Crippen LogP contribution in [-0.2, 0) is 6.54 Å². The van der Waals surface area contributed by atoms with Crippen LogP contribution in [0.1, 0.15) is 19.8 Å². The molecule has 0 aliphatic carbocycles. The summed E-state index contributed by atoms with van der Waals surface area (Å²) in [5, 5.41) is 9.83. The van der Waals surface area contributed by atoms with Gasteiger partial charge in [0.2, 0.25) is 0 Å². The number of carbonyl (C=O) groups excluding carboxylic acids is 1. The second-order valence-electron chi connectivity index (χ2n) is 5.63. The maximum absolute atomic E-state index is 12.1. The number of nitrogens with one attached hydrogen (secondary N) is 2. The van der Waals surface area contributed by atoms with Crippen molar-refractivity contribution in [2.45, 2.75) is 32.4 Å². The minimum absolute atomic E-state index is 0.212. The zero-order valence-electron chi connectivity index (χ0n) is 13.7. The van der Waals surface area contributed by atoms with Gasteiger partial charge >= 0.3 is 6.03 Å². The largest absolute Gasteiger partial charge is 0.486 e. The van der Waals surface area contributed by atoms with Crippen molar-refractivity contribution in [3.05, 3.63) is 36.5 Å². The van der Waals surface area contributed by atoms with Crippen molar-refractivity contribution in [2.75, 3.05) is 18.5 Å². The summed E-state index contributed by atoms with van der Waals surface area (Å²) in [5.74, 6) is 2.12. The van der Waals surface area contributed by atoms with Gasteiger partial charge in [-0.25, -0.2) is 9.48 Å². The number of ether oxygens (including phenoxy) is 2. The van der Waals surface area contributed by atoms with E-state index in [1.165, 1.54) is 0 Å². The second kappa shape index (κ2) is 7.72. The summed E-state index contributed by atoms with van der Waals surface area (Å²) in [6, 6.07) is 9.01. The van der Waals surface area contributed by atoms with Gasteiger partial charge in [0, 0.05) is 12.6 Å². The molecule has 24 heavy (non-hydrogen) atoms. The number of unbranched alkanes of at least 4 members (excludes halogenated alkanes) is 1. The van der Waals surface area contributed by atoms with E-state index in [-0.39, 0.29) is 12.1 Å². The molecule has 3 rings (SSSR count). The summed E-state index contributed by atoms with van der Waals surface area (Å²) in [6.45, 7) is 3.68. The number of urea groups is 1. The van der Waals surface area contributed by atoms with Crippen molar-refractivity contribution in [1.82, 2.24) is 15.1 Å². The normalized spacial score (nSPS) is 15.8. The van der Waals surface area contributed by atoms with Crippen LogP contribution < -0.4 is 20.1 Å². The summed E-state index contributed by atoms with van der Waals surface area (Å²) in [4.78, 5) is 12.1. The van der Waals surface area contributed by atoms with Gasteiger partial charge < -0.3 is 14.8 Å². The number of fused-ring (bicyclic) bond motifs is 1. The molecule has 2 aromatic rings. The number of para-hydroxylation sites is 2. The molecule has 7 heteroatoms. The number of rotatable bonds is 6. The van der Waals surface area contributed by atoms with Gasteiger partial charge in [-0.3, -0.25) is 5.32 Å². The van der Waals surface area contributed by atoms with E-state index in [4.69, 9.17) is 9.47 Å². The molecule has 0 saturated heterocycles. The SMILES string of the molecule is CCCCn1nccc1NC(=O)NC[C@@H]1COc2ccccc2O1. The zero-order valence-corrected chi connectivity index (χ0v) is 13.7. The molecule has 2 N–H and O–H groups in total. The molecule has 0 radical (unpaired) electrons. The Morgan fingerprint density at radius 2 is 2.17 bits per heavy atom. The summed E-state index contributed by atoms with van der Waals surface area (Å²) in [5.41, 5.74) is 0. The molecule has 0 unspecified atom stereocenters. The molecule has 1 aliphatic rings. The van der Waals surface area contributed by atoms with Crippen LogP contribution in [0.3, 0.4) is 0 Å². The predicted molar refractivity (Wildman–Crippen MR) is 90.5 cm³/mol. The number of carbonyl (C=O) groups is 1. The van der Waals surface area contributed by atoms with Crippen LogP contribution >= 0.6 is 0 Å². The molecule has 1 aromatic heterocycles. The number of hydrogen-bond donors (Lipinski definition) is 2. The number of amides is 2. The lowest BCUT2D eigenvalue weighted by Gasteiger charge is -2.26. The highest BCUT2D eigenvalue weighted by Crippen LogP contribution is 2.30. The van der Waals surface area contributed by atoms with Crippen molar-refractivity contribution in [2.24, 2.45) is 0 Å². The second-order valence-corrected chi connectivity index (χ2v) is 5.63. The van der Waals surface area contributed by atoms with Gasteiger partial charge in [0.05, 0.1) is 12.7 Å². The topological polar surface area (TPSA) is 77.4 Å². The summed E-state index contributed by atoms with van der Waals surface area (Å²) >= 11 is 0. The standard InChI is InChI=1S/C17H22N4O3/c1-2-3-10-21-16(8-9-19-21)20-17(22)18-11-13-12-23-14-6-4-5-7-15(14)24-13/h4-9,13H,2-3,10-12H2,1H3,(H2,18,20,22)/t13-/m1/s1. The Balaban J connectivity index is 1.47. The molecule has 2 heterocycles. The van der Waals surface area contributed by atoms with Crippen molar-refractivity contribution < 1.29 is 14.3 Å². The van der Waals surface area contributed by atoms with E-state index < -0.39 is 0 Å². The Morgan fingerprint density at radius 3 is 3.00 bits per heavy atom. The number of aryl methyl sites for hydroxylation is 1. The van der Waals surface area contributed by atoms with Crippen LogP contribution in [0.25, 0.3) is 0 Å². The molecule has 2 amide bonds. The molecular formula is C17H22N4O3. The van der Waals surface area contributed by atoms with Gasteiger partial charge in [0.25, 0.3) is 0 Å². The Labute approximate surface area is 140 Å². The van der Waals surface area contributed by atoms with Crippen molar-refractivity contribution in [3.63, 3.8) is 0 Å². The molecular weight excluding hydrogens is 308 g/mol. The van der Waals surface area contributed by atoms with Crippen LogP contribution in [0.2, 0.25) is 0 Å².